The summed E-state index contributed by atoms with van der Waals surface area (Å²) in [6.45, 7) is 0. The first-order valence-electron chi connectivity index (χ1n) is 9.13. The first kappa shape index (κ1) is 18.8. The fourth-order valence-corrected chi connectivity index (χ4v) is 4.34. The van der Waals surface area contributed by atoms with Crippen LogP contribution in [-0.4, -0.2) is 18.9 Å². The lowest BCUT2D eigenvalue weighted by molar-refractivity contribution is 0.608. The predicted molar refractivity (Wildman–Crippen MR) is 117 cm³/mol. The van der Waals surface area contributed by atoms with Gasteiger partial charge < -0.3 is 4.40 Å². The van der Waals surface area contributed by atoms with Crippen LogP contribution in [0.2, 0.25) is 5.02 Å². The van der Waals surface area contributed by atoms with Gasteiger partial charge in [-0.15, -0.1) is 0 Å². The van der Waals surface area contributed by atoms with Crippen molar-refractivity contribution in [2.75, 3.05) is 0 Å². The summed E-state index contributed by atoms with van der Waals surface area (Å²) in [5, 5.41) is 1.45. The molecule has 0 saturated heterocycles. The Hall–Kier alpha value is -3.16. The van der Waals surface area contributed by atoms with Crippen LogP contribution in [0.3, 0.4) is 0 Å². The van der Waals surface area contributed by atoms with Crippen LogP contribution >= 0.6 is 23.4 Å². The number of halogens is 2. The monoisotopic (exact) mass is 436 g/mol. The summed E-state index contributed by atoms with van der Waals surface area (Å²) >= 11 is 7.37. The Balaban J connectivity index is 1.61. The maximum Gasteiger partial charge on any atom is 0.266 e. The molecule has 0 spiro atoms. The summed E-state index contributed by atoms with van der Waals surface area (Å²) < 4.78 is 17.7. The minimum Gasteiger partial charge on any atom is -0.305 e. The first-order chi connectivity index (χ1) is 14.6. The van der Waals surface area contributed by atoms with E-state index >= 15 is 0 Å². The van der Waals surface area contributed by atoms with Crippen LogP contribution in [0.25, 0.3) is 22.2 Å². The van der Waals surface area contributed by atoms with Crippen molar-refractivity contribution in [2.45, 2.75) is 10.9 Å². The van der Waals surface area contributed by atoms with E-state index in [1.165, 1.54) is 22.4 Å². The lowest BCUT2D eigenvalue weighted by Crippen LogP contribution is -2.22. The molecule has 0 bridgehead atoms. The summed E-state index contributed by atoms with van der Waals surface area (Å²) in [6, 6.07) is 16.9. The number of pyridine rings is 1. The van der Waals surface area contributed by atoms with Crippen molar-refractivity contribution in [1.82, 2.24) is 18.9 Å². The van der Waals surface area contributed by atoms with Gasteiger partial charge in [0.2, 0.25) is 0 Å². The summed E-state index contributed by atoms with van der Waals surface area (Å²) in [5.74, 6) is -0.0284. The van der Waals surface area contributed by atoms with Gasteiger partial charge >= 0.3 is 0 Å². The minimum absolute atomic E-state index is 0.171. The highest BCUT2D eigenvalue weighted by Gasteiger charge is 2.16. The van der Waals surface area contributed by atoms with Crippen LogP contribution in [0.4, 0.5) is 4.39 Å². The number of fused-ring (bicyclic) bond motifs is 2. The Kier molecular flexibility index (Phi) is 4.77. The standard InChI is InChI=1S/C22H14ClFN4OS/c23-14-9-10-20-25-15(12-27(20)11-14)13-30-22-26-18-7-3-1-5-16(18)21(29)28(22)19-8-4-2-6-17(19)24/h1-12H,13H2. The molecular formula is C22H14ClFN4OS. The Bertz CT molecular complexity index is 1460. The summed E-state index contributed by atoms with van der Waals surface area (Å²) in [7, 11) is 0. The van der Waals surface area contributed by atoms with E-state index in [0.717, 1.165) is 11.3 Å². The summed E-state index contributed by atoms with van der Waals surface area (Å²) in [6.07, 6.45) is 3.66. The number of hydrogen-bond donors (Lipinski definition) is 0. The van der Waals surface area contributed by atoms with E-state index in [2.05, 4.69) is 9.97 Å². The van der Waals surface area contributed by atoms with Gasteiger partial charge in [-0.1, -0.05) is 47.6 Å². The van der Waals surface area contributed by atoms with E-state index in [0.29, 0.717) is 26.8 Å². The molecule has 30 heavy (non-hydrogen) atoms. The lowest BCUT2D eigenvalue weighted by atomic mass is 10.2. The molecule has 0 aliphatic heterocycles. The zero-order chi connectivity index (χ0) is 20.7. The number of benzene rings is 2. The van der Waals surface area contributed by atoms with Gasteiger partial charge in [0.25, 0.3) is 5.56 Å². The fraction of sp³-hybridized carbons (Fsp3) is 0.0455. The van der Waals surface area contributed by atoms with Crippen LogP contribution in [-0.2, 0) is 5.75 Å². The number of thioether (sulfide) groups is 1. The molecule has 0 atom stereocenters. The molecule has 148 valence electrons. The second-order valence-electron chi connectivity index (χ2n) is 6.64. The molecular weight excluding hydrogens is 423 g/mol. The normalized spacial score (nSPS) is 11.4. The van der Waals surface area contributed by atoms with Crippen molar-refractivity contribution in [3.05, 3.63) is 99.9 Å². The molecule has 0 radical (unpaired) electrons. The second-order valence-corrected chi connectivity index (χ2v) is 8.02. The van der Waals surface area contributed by atoms with Crippen LogP contribution in [0.5, 0.6) is 0 Å². The number of para-hydroxylation sites is 2. The molecule has 0 unspecified atom stereocenters. The molecule has 0 aliphatic rings. The number of rotatable bonds is 4. The lowest BCUT2D eigenvalue weighted by Gasteiger charge is -2.13. The predicted octanol–water partition coefficient (Wildman–Crippen LogP) is 5.12. The molecule has 5 rings (SSSR count). The Labute approximate surface area is 179 Å². The van der Waals surface area contributed by atoms with Crippen LogP contribution in [0.15, 0.2) is 83.0 Å². The highest BCUT2D eigenvalue weighted by molar-refractivity contribution is 7.98. The smallest absolute Gasteiger partial charge is 0.266 e. The zero-order valence-corrected chi connectivity index (χ0v) is 17.1. The van der Waals surface area contributed by atoms with E-state index in [4.69, 9.17) is 11.6 Å². The van der Waals surface area contributed by atoms with E-state index < -0.39 is 5.82 Å². The van der Waals surface area contributed by atoms with Gasteiger partial charge in [0.05, 0.1) is 27.3 Å². The van der Waals surface area contributed by atoms with Crippen molar-refractivity contribution >= 4 is 39.9 Å². The van der Waals surface area contributed by atoms with Crippen molar-refractivity contribution in [1.29, 1.82) is 0 Å². The fourth-order valence-electron chi connectivity index (χ4n) is 3.28. The largest absolute Gasteiger partial charge is 0.305 e. The van der Waals surface area contributed by atoms with E-state index in [1.54, 1.807) is 48.7 Å². The molecule has 3 heterocycles. The quantitative estimate of drug-likeness (QED) is 0.290. The molecule has 0 saturated carbocycles. The third kappa shape index (κ3) is 3.36. The molecule has 0 N–H and O–H groups in total. The van der Waals surface area contributed by atoms with Gasteiger partial charge in [-0.3, -0.25) is 9.36 Å². The van der Waals surface area contributed by atoms with Crippen molar-refractivity contribution < 1.29 is 4.39 Å². The molecule has 0 amide bonds. The highest BCUT2D eigenvalue weighted by atomic mass is 35.5. The van der Waals surface area contributed by atoms with Crippen LogP contribution in [0.1, 0.15) is 5.69 Å². The number of hydrogen-bond acceptors (Lipinski definition) is 4. The van der Waals surface area contributed by atoms with Crippen molar-refractivity contribution in [3.8, 4) is 5.69 Å². The average Bonchev–Trinajstić information content (AvgIpc) is 3.15. The van der Waals surface area contributed by atoms with Crippen molar-refractivity contribution in [2.24, 2.45) is 0 Å². The second kappa shape index (κ2) is 7.59. The third-order valence-corrected chi connectivity index (χ3v) is 5.85. The maximum absolute atomic E-state index is 14.6. The molecule has 8 heteroatoms. The minimum atomic E-state index is -0.485. The SMILES string of the molecule is O=c1c2ccccc2nc(SCc2cn3cc(Cl)ccc3n2)n1-c1ccccc1F. The van der Waals surface area contributed by atoms with Crippen LogP contribution < -0.4 is 5.56 Å². The zero-order valence-electron chi connectivity index (χ0n) is 15.5. The molecule has 2 aromatic carbocycles. The van der Waals surface area contributed by atoms with E-state index in [9.17, 15) is 9.18 Å². The summed E-state index contributed by atoms with van der Waals surface area (Å²) in [5.41, 5.74) is 2.00. The molecule has 0 aliphatic carbocycles. The van der Waals surface area contributed by atoms with E-state index in [-0.39, 0.29) is 11.2 Å². The highest BCUT2D eigenvalue weighted by Crippen LogP contribution is 2.26. The Morgan fingerprint density at radius 1 is 0.967 bits per heavy atom. The van der Waals surface area contributed by atoms with Gasteiger partial charge in [0, 0.05) is 18.1 Å². The molecule has 5 aromatic rings. The van der Waals surface area contributed by atoms with E-state index in [1.807, 2.05) is 22.7 Å². The molecule has 0 fully saturated rings. The van der Waals surface area contributed by atoms with Gasteiger partial charge in [-0.25, -0.2) is 14.4 Å². The molecule has 3 aromatic heterocycles. The maximum atomic E-state index is 14.6. The van der Waals surface area contributed by atoms with Gasteiger partial charge in [0.15, 0.2) is 5.16 Å². The number of aromatic nitrogens is 4. The third-order valence-electron chi connectivity index (χ3n) is 4.65. The van der Waals surface area contributed by atoms with Gasteiger partial charge in [0.1, 0.15) is 11.5 Å². The number of nitrogens with zero attached hydrogens (tertiary/aromatic N) is 4. The Morgan fingerprint density at radius 3 is 2.63 bits per heavy atom. The van der Waals surface area contributed by atoms with Crippen molar-refractivity contribution in [3.63, 3.8) is 0 Å². The number of imidazole rings is 1. The van der Waals surface area contributed by atoms with Crippen LogP contribution in [0, 0.1) is 5.82 Å². The van der Waals surface area contributed by atoms with Gasteiger partial charge in [-0.05, 0) is 36.4 Å². The average molecular weight is 437 g/mol. The first-order valence-corrected chi connectivity index (χ1v) is 10.5. The summed E-state index contributed by atoms with van der Waals surface area (Å²) in [4.78, 5) is 22.4. The Morgan fingerprint density at radius 2 is 1.77 bits per heavy atom. The topological polar surface area (TPSA) is 52.2 Å². The molecule has 5 nitrogen and oxygen atoms in total. The van der Waals surface area contributed by atoms with Gasteiger partial charge in [-0.2, -0.15) is 0 Å².